The van der Waals surface area contributed by atoms with Crippen LogP contribution in [0.3, 0.4) is 0 Å². The van der Waals surface area contributed by atoms with E-state index in [1.807, 2.05) is 54.3 Å². The van der Waals surface area contributed by atoms with Crippen molar-refractivity contribution in [2.24, 2.45) is 5.92 Å². The molecule has 1 aromatic carbocycles. The molecule has 0 spiro atoms. The van der Waals surface area contributed by atoms with Crippen LogP contribution in [-0.4, -0.2) is 38.6 Å². The van der Waals surface area contributed by atoms with Gasteiger partial charge in [-0.05, 0) is 49.7 Å². The molecule has 0 amide bonds. The van der Waals surface area contributed by atoms with Gasteiger partial charge in [-0.2, -0.15) is 0 Å². The molecular formula is C21H21N5O3. The Hall–Kier alpha value is -3.68. The fourth-order valence-electron chi connectivity index (χ4n) is 3.46. The first kappa shape index (κ1) is 18.7. The molecule has 2 N–H and O–H groups in total. The van der Waals surface area contributed by atoms with Gasteiger partial charge in [0.2, 0.25) is 0 Å². The lowest BCUT2D eigenvalue weighted by molar-refractivity contribution is -0.141. The number of rotatable bonds is 6. The minimum absolute atomic E-state index is 0.184. The highest BCUT2D eigenvalue weighted by Crippen LogP contribution is 2.35. The van der Waals surface area contributed by atoms with Crippen LogP contribution in [0.1, 0.15) is 13.3 Å². The second-order valence-electron chi connectivity index (χ2n) is 6.82. The van der Waals surface area contributed by atoms with Crippen LogP contribution in [0.2, 0.25) is 0 Å². The number of carbonyl (C=O) groups is 1. The van der Waals surface area contributed by atoms with Crippen LogP contribution in [0, 0.1) is 5.92 Å². The van der Waals surface area contributed by atoms with Crippen molar-refractivity contribution in [1.29, 1.82) is 0 Å². The average molecular weight is 391 g/mol. The zero-order valence-electron chi connectivity index (χ0n) is 15.9. The second-order valence-corrected chi connectivity index (χ2v) is 6.82. The van der Waals surface area contributed by atoms with E-state index in [0.717, 1.165) is 11.5 Å². The molecule has 8 nitrogen and oxygen atoms in total. The molecule has 0 saturated carbocycles. The van der Waals surface area contributed by atoms with Crippen molar-refractivity contribution in [3.8, 4) is 11.6 Å². The predicted octanol–water partition coefficient (Wildman–Crippen LogP) is 3.71. The highest BCUT2D eigenvalue weighted by atomic mass is 16.5. The fraction of sp³-hybridized carbons (Fsp3) is 0.238. The van der Waals surface area contributed by atoms with Crippen LogP contribution in [0.4, 0.5) is 17.3 Å². The summed E-state index contributed by atoms with van der Waals surface area (Å²) in [5, 5.41) is 12.6. The van der Waals surface area contributed by atoms with Gasteiger partial charge in [0.25, 0.3) is 5.88 Å². The van der Waals surface area contributed by atoms with Gasteiger partial charge in [-0.25, -0.2) is 15.0 Å². The quantitative estimate of drug-likeness (QED) is 0.656. The summed E-state index contributed by atoms with van der Waals surface area (Å²) in [7, 11) is 0. The summed E-state index contributed by atoms with van der Waals surface area (Å²) in [6, 6.07) is 12.9. The Labute approximate surface area is 168 Å². The molecule has 1 saturated heterocycles. The first-order valence-corrected chi connectivity index (χ1v) is 9.38. The SMILES string of the molecule is CC1C(C(=O)O)CCN1c1nccnc1Oc1ccc(Nc2ccccn2)cc1. The number of carboxylic acid groups (broad SMARTS) is 1. The Morgan fingerprint density at radius 2 is 1.90 bits per heavy atom. The molecule has 1 aliphatic heterocycles. The molecule has 1 fully saturated rings. The number of aromatic nitrogens is 3. The third-order valence-electron chi connectivity index (χ3n) is 5.00. The maximum Gasteiger partial charge on any atom is 0.308 e. The number of benzene rings is 1. The summed E-state index contributed by atoms with van der Waals surface area (Å²) in [4.78, 5) is 26.3. The van der Waals surface area contributed by atoms with E-state index in [1.165, 1.54) is 0 Å². The van der Waals surface area contributed by atoms with E-state index in [1.54, 1.807) is 18.6 Å². The lowest BCUT2D eigenvalue weighted by Gasteiger charge is -2.25. The number of carboxylic acids is 1. The van der Waals surface area contributed by atoms with Crippen LogP contribution < -0.4 is 15.0 Å². The lowest BCUT2D eigenvalue weighted by atomic mass is 10.0. The number of nitrogens with zero attached hydrogens (tertiary/aromatic N) is 4. The van der Waals surface area contributed by atoms with Gasteiger partial charge >= 0.3 is 5.97 Å². The zero-order valence-corrected chi connectivity index (χ0v) is 15.9. The standard InChI is InChI=1S/C21H21N5O3/c1-14-17(21(27)28)9-13-26(14)19-20(24-12-11-23-19)29-16-7-5-15(6-8-16)25-18-4-2-3-10-22-18/h2-8,10-12,14,17H,9,13H2,1H3,(H,22,25)(H,27,28). The number of nitrogens with one attached hydrogen (secondary N) is 1. The van der Waals surface area contributed by atoms with Crippen molar-refractivity contribution in [2.45, 2.75) is 19.4 Å². The van der Waals surface area contributed by atoms with E-state index in [2.05, 4.69) is 20.3 Å². The van der Waals surface area contributed by atoms with E-state index < -0.39 is 11.9 Å². The first-order chi connectivity index (χ1) is 14.1. The Balaban J connectivity index is 1.50. The molecule has 0 radical (unpaired) electrons. The van der Waals surface area contributed by atoms with Crippen molar-refractivity contribution in [2.75, 3.05) is 16.8 Å². The van der Waals surface area contributed by atoms with Crippen molar-refractivity contribution >= 4 is 23.3 Å². The number of anilines is 3. The van der Waals surface area contributed by atoms with E-state index in [0.29, 0.717) is 30.4 Å². The molecule has 3 heterocycles. The monoisotopic (exact) mass is 391 g/mol. The topological polar surface area (TPSA) is 100 Å². The molecule has 2 aromatic heterocycles. The van der Waals surface area contributed by atoms with E-state index in [-0.39, 0.29) is 6.04 Å². The zero-order chi connectivity index (χ0) is 20.2. The number of hydrogen-bond donors (Lipinski definition) is 2. The minimum Gasteiger partial charge on any atom is -0.481 e. The molecule has 29 heavy (non-hydrogen) atoms. The van der Waals surface area contributed by atoms with E-state index in [9.17, 15) is 9.90 Å². The molecule has 148 valence electrons. The Kier molecular flexibility index (Phi) is 5.24. The molecule has 8 heteroatoms. The summed E-state index contributed by atoms with van der Waals surface area (Å²) in [5.41, 5.74) is 0.882. The molecule has 0 aliphatic carbocycles. The van der Waals surface area contributed by atoms with Gasteiger partial charge in [-0.15, -0.1) is 0 Å². The summed E-state index contributed by atoms with van der Waals surface area (Å²) in [6.07, 6.45) is 5.44. The number of pyridine rings is 1. The van der Waals surface area contributed by atoms with E-state index >= 15 is 0 Å². The van der Waals surface area contributed by atoms with Crippen molar-refractivity contribution < 1.29 is 14.6 Å². The molecule has 2 unspecified atom stereocenters. The van der Waals surface area contributed by atoms with Crippen LogP contribution in [0.15, 0.2) is 61.1 Å². The molecule has 1 aliphatic rings. The Morgan fingerprint density at radius 1 is 1.10 bits per heavy atom. The van der Waals surface area contributed by atoms with Gasteiger partial charge in [0.15, 0.2) is 5.82 Å². The van der Waals surface area contributed by atoms with Gasteiger partial charge < -0.3 is 20.1 Å². The molecule has 0 bridgehead atoms. The highest BCUT2D eigenvalue weighted by molar-refractivity contribution is 5.73. The normalized spacial score (nSPS) is 18.4. The number of aliphatic carboxylic acids is 1. The smallest absolute Gasteiger partial charge is 0.308 e. The van der Waals surface area contributed by atoms with Gasteiger partial charge in [-0.1, -0.05) is 6.07 Å². The molecular weight excluding hydrogens is 370 g/mol. The second kappa shape index (κ2) is 8.14. The first-order valence-electron chi connectivity index (χ1n) is 9.38. The van der Waals surface area contributed by atoms with Crippen LogP contribution in [0.5, 0.6) is 11.6 Å². The average Bonchev–Trinajstić information content (AvgIpc) is 3.12. The van der Waals surface area contributed by atoms with Gasteiger partial charge in [0.05, 0.1) is 5.92 Å². The fourth-order valence-corrected chi connectivity index (χ4v) is 3.46. The van der Waals surface area contributed by atoms with Gasteiger partial charge in [0, 0.05) is 36.9 Å². The molecule has 4 rings (SSSR count). The van der Waals surface area contributed by atoms with Crippen molar-refractivity contribution in [3.05, 3.63) is 61.1 Å². The maximum atomic E-state index is 11.4. The van der Waals surface area contributed by atoms with Crippen molar-refractivity contribution in [3.63, 3.8) is 0 Å². The summed E-state index contributed by atoms with van der Waals surface area (Å²) in [6.45, 7) is 2.49. The summed E-state index contributed by atoms with van der Waals surface area (Å²) < 4.78 is 5.97. The number of ether oxygens (including phenoxy) is 1. The third-order valence-corrected chi connectivity index (χ3v) is 5.00. The summed E-state index contributed by atoms with van der Waals surface area (Å²) in [5.74, 6) is 1.06. The maximum absolute atomic E-state index is 11.4. The number of hydrogen-bond acceptors (Lipinski definition) is 7. The molecule has 2 atom stereocenters. The van der Waals surface area contributed by atoms with Crippen molar-refractivity contribution in [1.82, 2.24) is 15.0 Å². The van der Waals surface area contributed by atoms with E-state index in [4.69, 9.17) is 4.74 Å². The third kappa shape index (κ3) is 4.11. The lowest BCUT2D eigenvalue weighted by Crippen LogP contribution is -2.33. The molecule has 3 aromatic rings. The summed E-state index contributed by atoms with van der Waals surface area (Å²) >= 11 is 0. The van der Waals surface area contributed by atoms with Crippen LogP contribution in [-0.2, 0) is 4.79 Å². The van der Waals surface area contributed by atoms with Crippen LogP contribution in [0.25, 0.3) is 0 Å². The minimum atomic E-state index is -0.789. The highest BCUT2D eigenvalue weighted by Gasteiger charge is 2.37. The Morgan fingerprint density at radius 3 is 2.59 bits per heavy atom. The van der Waals surface area contributed by atoms with Gasteiger partial charge in [-0.3, -0.25) is 4.79 Å². The van der Waals surface area contributed by atoms with Crippen LogP contribution >= 0.6 is 0 Å². The largest absolute Gasteiger partial charge is 0.481 e. The van der Waals surface area contributed by atoms with Gasteiger partial charge in [0.1, 0.15) is 11.6 Å². The Bertz CT molecular complexity index is 981. The predicted molar refractivity (Wildman–Crippen MR) is 109 cm³/mol.